The molecule has 0 aliphatic carbocycles. The van der Waals surface area contributed by atoms with Crippen LogP contribution in [0.15, 0.2) is 6.20 Å². The zero-order valence-electron chi connectivity index (χ0n) is 8.52. The molecular weight excluding hydrogens is 214 g/mol. The number of carbonyl (C=O) groups is 1. The van der Waals surface area contributed by atoms with Gasteiger partial charge in [-0.3, -0.25) is 9.63 Å². The van der Waals surface area contributed by atoms with Crippen LogP contribution in [-0.2, 0) is 4.84 Å². The maximum Gasteiger partial charge on any atom is 0.289 e. The number of aromatic nitrogens is 1. The molecule has 5 nitrogen and oxygen atoms in total. The van der Waals surface area contributed by atoms with E-state index in [0.717, 1.165) is 18.1 Å². The van der Waals surface area contributed by atoms with Gasteiger partial charge in [0.15, 0.2) is 5.13 Å². The minimum atomic E-state index is -0.0887. The summed E-state index contributed by atoms with van der Waals surface area (Å²) in [6, 6.07) is 0. The smallest absolute Gasteiger partial charge is 0.289 e. The summed E-state index contributed by atoms with van der Waals surface area (Å²) >= 11 is 1.36. The van der Waals surface area contributed by atoms with Crippen LogP contribution in [0, 0.1) is 0 Å². The first-order chi connectivity index (χ1) is 7.31. The summed E-state index contributed by atoms with van der Waals surface area (Å²) in [7, 11) is 0. The summed E-state index contributed by atoms with van der Waals surface area (Å²) < 4.78 is 0. The molecule has 15 heavy (non-hydrogen) atoms. The Morgan fingerprint density at radius 2 is 2.67 bits per heavy atom. The van der Waals surface area contributed by atoms with E-state index < -0.39 is 0 Å². The predicted octanol–water partition coefficient (Wildman–Crippen LogP) is 1.35. The van der Waals surface area contributed by atoms with Gasteiger partial charge in [-0.2, -0.15) is 0 Å². The highest BCUT2D eigenvalue weighted by molar-refractivity contribution is 7.17. The van der Waals surface area contributed by atoms with E-state index in [9.17, 15) is 4.79 Å². The summed E-state index contributed by atoms with van der Waals surface area (Å²) in [5.74, 6) is -0.0887. The van der Waals surface area contributed by atoms with E-state index in [-0.39, 0.29) is 5.91 Å². The van der Waals surface area contributed by atoms with Crippen molar-refractivity contribution in [1.29, 1.82) is 0 Å². The van der Waals surface area contributed by atoms with Gasteiger partial charge in [0.25, 0.3) is 5.91 Å². The number of rotatable bonds is 3. The van der Waals surface area contributed by atoms with Gasteiger partial charge >= 0.3 is 0 Å². The molecule has 1 aliphatic rings. The maximum atomic E-state index is 11.8. The molecule has 1 saturated heterocycles. The highest BCUT2D eigenvalue weighted by Gasteiger charge is 2.22. The molecule has 0 saturated carbocycles. The fourth-order valence-electron chi connectivity index (χ4n) is 1.34. The lowest BCUT2D eigenvalue weighted by Crippen LogP contribution is -2.25. The van der Waals surface area contributed by atoms with Crippen LogP contribution < -0.4 is 5.32 Å². The van der Waals surface area contributed by atoms with Crippen LogP contribution in [0.5, 0.6) is 0 Å². The van der Waals surface area contributed by atoms with Crippen LogP contribution in [0.1, 0.15) is 23.0 Å². The first-order valence-electron chi connectivity index (χ1n) is 4.95. The Hall–Kier alpha value is -1.14. The summed E-state index contributed by atoms with van der Waals surface area (Å²) in [5.41, 5.74) is 0. The Balaban J connectivity index is 2.04. The maximum absolute atomic E-state index is 11.8. The molecule has 0 spiro atoms. The van der Waals surface area contributed by atoms with Crippen LogP contribution in [0.25, 0.3) is 0 Å². The predicted molar refractivity (Wildman–Crippen MR) is 57.9 cm³/mol. The van der Waals surface area contributed by atoms with Crippen LogP contribution in [-0.4, -0.2) is 35.7 Å². The molecule has 1 aromatic heterocycles. The van der Waals surface area contributed by atoms with Gasteiger partial charge in [0.05, 0.1) is 19.3 Å². The quantitative estimate of drug-likeness (QED) is 0.847. The second-order valence-electron chi connectivity index (χ2n) is 3.15. The Labute approximate surface area is 92.0 Å². The van der Waals surface area contributed by atoms with E-state index in [4.69, 9.17) is 4.84 Å². The molecule has 0 atom stereocenters. The molecule has 1 N–H and O–H groups in total. The molecule has 2 heterocycles. The number of hydrogen-bond acceptors (Lipinski definition) is 5. The molecule has 1 aliphatic heterocycles. The molecule has 2 rings (SSSR count). The zero-order chi connectivity index (χ0) is 10.7. The van der Waals surface area contributed by atoms with Crippen LogP contribution in [0.3, 0.4) is 0 Å². The van der Waals surface area contributed by atoms with Gasteiger partial charge in [-0.1, -0.05) is 11.3 Å². The Morgan fingerprint density at radius 1 is 1.80 bits per heavy atom. The molecule has 1 fully saturated rings. The normalized spacial score (nSPS) is 15.7. The third kappa shape index (κ3) is 2.27. The molecule has 82 valence electrons. The Kier molecular flexibility index (Phi) is 3.17. The molecule has 1 aromatic rings. The third-order valence-corrected chi connectivity index (χ3v) is 2.97. The average Bonchev–Trinajstić information content (AvgIpc) is 2.87. The lowest BCUT2D eigenvalue weighted by atomic mass is 10.4. The van der Waals surface area contributed by atoms with Gasteiger partial charge in [0, 0.05) is 6.54 Å². The molecular formula is C9H13N3O2S. The van der Waals surface area contributed by atoms with Crippen molar-refractivity contribution in [3.63, 3.8) is 0 Å². The van der Waals surface area contributed by atoms with Crippen molar-refractivity contribution in [2.75, 3.05) is 25.0 Å². The van der Waals surface area contributed by atoms with E-state index in [1.165, 1.54) is 16.4 Å². The highest BCUT2D eigenvalue weighted by atomic mass is 32.1. The molecule has 0 bridgehead atoms. The van der Waals surface area contributed by atoms with Gasteiger partial charge in [-0.05, 0) is 13.3 Å². The summed E-state index contributed by atoms with van der Waals surface area (Å²) in [5, 5.41) is 5.25. The fourth-order valence-corrected chi connectivity index (χ4v) is 2.16. The van der Waals surface area contributed by atoms with Crippen LogP contribution in [0.2, 0.25) is 0 Å². The number of hydrogen-bond donors (Lipinski definition) is 1. The number of hydroxylamine groups is 2. The highest BCUT2D eigenvalue weighted by Crippen LogP contribution is 2.20. The van der Waals surface area contributed by atoms with Gasteiger partial charge in [-0.15, -0.1) is 0 Å². The molecule has 1 amide bonds. The standard InChI is InChI=1S/C9H13N3O2S/c1-2-10-9-11-6-7(15-9)8(13)12-4-3-5-14-12/h6H,2-5H2,1H3,(H,10,11). The largest absolute Gasteiger partial charge is 0.362 e. The number of anilines is 1. The second kappa shape index (κ2) is 4.59. The van der Waals surface area contributed by atoms with Crippen molar-refractivity contribution in [3.8, 4) is 0 Å². The molecule has 0 radical (unpaired) electrons. The number of nitrogens with zero attached hydrogens (tertiary/aromatic N) is 2. The minimum Gasteiger partial charge on any atom is -0.362 e. The van der Waals surface area contributed by atoms with E-state index in [1.54, 1.807) is 6.20 Å². The summed E-state index contributed by atoms with van der Waals surface area (Å²) in [4.78, 5) is 21.7. The lowest BCUT2D eigenvalue weighted by Gasteiger charge is -2.11. The van der Waals surface area contributed by atoms with Crippen LogP contribution in [0.4, 0.5) is 5.13 Å². The first-order valence-corrected chi connectivity index (χ1v) is 5.77. The molecule has 0 aromatic carbocycles. The number of carbonyl (C=O) groups excluding carboxylic acids is 1. The SMILES string of the molecule is CCNc1ncc(C(=O)N2CCCO2)s1. The van der Waals surface area contributed by atoms with E-state index in [2.05, 4.69) is 10.3 Å². The summed E-state index contributed by atoms with van der Waals surface area (Å²) in [6.07, 6.45) is 2.50. The molecule has 0 unspecified atom stereocenters. The van der Waals surface area contributed by atoms with Crippen molar-refractivity contribution < 1.29 is 9.63 Å². The monoisotopic (exact) mass is 227 g/mol. The van der Waals surface area contributed by atoms with Crippen molar-refractivity contribution >= 4 is 22.4 Å². The van der Waals surface area contributed by atoms with E-state index in [1.807, 2.05) is 6.92 Å². The third-order valence-electron chi connectivity index (χ3n) is 2.02. The molecule has 6 heteroatoms. The van der Waals surface area contributed by atoms with Crippen molar-refractivity contribution in [2.45, 2.75) is 13.3 Å². The second-order valence-corrected chi connectivity index (χ2v) is 4.18. The van der Waals surface area contributed by atoms with E-state index >= 15 is 0 Å². The number of nitrogens with one attached hydrogen (secondary N) is 1. The average molecular weight is 227 g/mol. The number of thiazole rings is 1. The van der Waals surface area contributed by atoms with Gasteiger partial charge in [0.1, 0.15) is 4.88 Å². The van der Waals surface area contributed by atoms with Crippen molar-refractivity contribution in [2.24, 2.45) is 0 Å². The van der Waals surface area contributed by atoms with Gasteiger partial charge in [-0.25, -0.2) is 10.0 Å². The topological polar surface area (TPSA) is 54.5 Å². The first kappa shape index (κ1) is 10.4. The Morgan fingerprint density at radius 3 is 3.33 bits per heavy atom. The summed E-state index contributed by atoms with van der Waals surface area (Å²) in [6.45, 7) is 4.10. The zero-order valence-corrected chi connectivity index (χ0v) is 9.34. The van der Waals surface area contributed by atoms with Gasteiger partial charge < -0.3 is 5.32 Å². The fraction of sp³-hybridized carbons (Fsp3) is 0.556. The number of amides is 1. The van der Waals surface area contributed by atoms with Crippen molar-refractivity contribution in [1.82, 2.24) is 10.0 Å². The van der Waals surface area contributed by atoms with Gasteiger partial charge in [0.2, 0.25) is 0 Å². The minimum absolute atomic E-state index is 0.0887. The lowest BCUT2D eigenvalue weighted by molar-refractivity contribution is -0.0765. The van der Waals surface area contributed by atoms with Crippen molar-refractivity contribution in [3.05, 3.63) is 11.1 Å². The van der Waals surface area contributed by atoms with E-state index in [0.29, 0.717) is 18.0 Å². The van der Waals surface area contributed by atoms with Crippen LogP contribution >= 0.6 is 11.3 Å². The Bertz CT molecular complexity index is 347.